The quantitative estimate of drug-likeness (QED) is 0.507. The predicted octanol–water partition coefficient (Wildman–Crippen LogP) is 4.29. The van der Waals surface area contributed by atoms with E-state index in [2.05, 4.69) is 5.32 Å². The number of rotatable bonds is 9. The lowest BCUT2D eigenvalue weighted by molar-refractivity contribution is -0.161. The summed E-state index contributed by atoms with van der Waals surface area (Å²) >= 11 is 0. The summed E-state index contributed by atoms with van der Waals surface area (Å²) in [7, 11) is 0. The molecule has 0 saturated heterocycles. The van der Waals surface area contributed by atoms with Crippen LogP contribution < -0.4 is 10.1 Å². The summed E-state index contributed by atoms with van der Waals surface area (Å²) < 4.78 is 5.77. The Hall–Kier alpha value is -3.35. The molecule has 3 atom stereocenters. The lowest BCUT2D eigenvalue weighted by Gasteiger charge is -2.50. The van der Waals surface area contributed by atoms with E-state index in [1.165, 1.54) is 0 Å². The molecule has 1 amide bonds. The highest BCUT2D eigenvalue weighted by molar-refractivity contribution is 5.89. The average molecular weight is 468 g/mol. The van der Waals surface area contributed by atoms with Gasteiger partial charge in [-0.15, -0.1) is 0 Å². The van der Waals surface area contributed by atoms with Crippen molar-refractivity contribution in [2.24, 2.45) is 16.7 Å². The zero-order chi connectivity index (χ0) is 24.9. The first-order chi connectivity index (χ1) is 16.0. The van der Waals surface area contributed by atoms with Crippen molar-refractivity contribution in [3.63, 3.8) is 0 Å². The molecule has 3 N–H and O–H groups in total. The first kappa shape index (κ1) is 25.3. The molecule has 182 valence electrons. The third-order valence-electron chi connectivity index (χ3n) is 7.48. The summed E-state index contributed by atoms with van der Waals surface area (Å²) in [5.41, 5.74) is -0.0141. The zero-order valence-corrected chi connectivity index (χ0v) is 19.9. The number of aliphatic carboxylic acids is 2. The van der Waals surface area contributed by atoms with E-state index in [9.17, 15) is 24.6 Å². The third-order valence-corrected chi connectivity index (χ3v) is 7.48. The Morgan fingerprint density at radius 2 is 1.65 bits per heavy atom. The van der Waals surface area contributed by atoms with Crippen molar-refractivity contribution in [3.8, 4) is 5.75 Å². The van der Waals surface area contributed by atoms with E-state index in [0.717, 1.165) is 11.1 Å². The van der Waals surface area contributed by atoms with Crippen LogP contribution in [0.3, 0.4) is 0 Å². The van der Waals surface area contributed by atoms with Crippen LogP contribution in [-0.4, -0.2) is 34.1 Å². The summed E-state index contributed by atoms with van der Waals surface area (Å²) in [6.07, 6.45) is 1.73. The highest BCUT2D eigenvalue weighted by Gasteiger charge is 2.55. The molecule has 7 heteroatoms. The minimum Gasteiger partial charge on any atom is -0.489 e. The largest absolute Gasteiger partial charge is 0.489 e. The molecule has 0 aliphatic heterocycles. The fourth-order valence-electron chi connectivity index (χ4n) is 4.78. The monoisotopic (exact) mass is 467 g/mol. The van der Waals surface area contributed by atoms with Gasteiger partial charge < -0.3 is 20.3 Å². The zero-order valence-electron chi connectivity index (χ0n) is 19.9. The number of benzene rings is 2. The molecule has 1 aliphatic rings. The van der Waals surface area contributed by atoms with Crippen LogP contribution in [0.25, 0.3) is 0 Å². The van der Waals surface area contributed by atoms with E-state index in [1.54, 1.807) is 45.0 Å². The molecule has 0 spiro atoms. The van der Waals surface area contributed by atoms with Gasteiger partial charge in [0, 0.05) is 6.42 Å². The lowest BCUT2D eigenvalue weighted by Crippen LogP contribution is -2.57. The molecule has 1 fully saturated rings. The predicted molar refractivity (Wildman–Crippen MR) is 127 cm³/mol. The van der Waals surface area contributed by atoms with Gasteiger partial charge >= 0.3 is 11.9 Å². The Balaban J connectivity index is 1.66. The molecule has 7 nitrogen and oxygen atoms in total. The first-order valence-electron chi connectivity index (χ1n) is 11.6. The maximum Gasteiger partial charge on any atom is 0.326 e. The maximum absolute atomic E-state index is 13.3. The van der Waals surface area contributed by atoms with Crippen molar-refractivity contribution in [2.45, 2.75) is 59.1 Å². The van der Waals surface area contributed by atoms with Crippen molar-refractivity contribution >= 4 is 17.8 Å². The summed E-state index contributed by atoms with van der Waals surface area (Å²) in [5, 5.41) is 22.1. The molecule has 3 unspecified atom stereocenters. The van der Waals surface area contributed by atoms with Crippen molar-refractivity contribution in [1.29, 1.82) is 0 Å². The van der Waals surface area contributed by atoms with Crippen LogP contribution in [0.1, 0.15) is 51.2 Å². The molecule has 0 bridgehead atoms. The third kappa shape index (κ3) is 5.41. The van der Waals surface area contributed by atoms with Gasteiger partial charge in [0.1, 0.15) is 18.4 Å². The second kappa shape index (κ2) is 10.3. The number of amides is 1. The molecule has 0 radical (unpaired) electrons. The smallest absolute Gasteiger partial charge is 0.326 e. The van der Waals surface area contributed by atoms with Crippen LogP contribution in [0.4, 0.5) is 0 Å². The van der Waals surface area contributed by atoms with Crippen molar-refractivity contribution < 1.29 is 29.3 Å². The summed E-state index contributed by atoms with van der Waals surface area (Å²) in [4.78, 5) is 37.0. The van der Waals surface area contributed by atoms with Crippen molar-refractivity contribution in [1.82, 2.24) is 5.32 Å². The van der Waals surface area contributed by atoms with Gasteiger partial charge in [0.25, 0.3) is 0 Å². The number of hydrogen-bond donors (Lipinski definition) is 3. The average Bonchev–Trinajstić information content (AvgIpc) is 2.80. The van der Waals surface area contributed by atoms with E-state index >= 15 is 0 Å². The second-order valence-electron chi connectivity index (χ2n) is 9.82. The maximum atomic E-state index is 13.3. The highest BCUT2D eigenvalue weighted by atomic mass is 16.5. The van der Waals surface area contributed by atoms with Crippen LogP contribution in [0.5, 0.6) is 5.75 Å². The Kier molecular flexibility index (Phi) is 7.64. The van der Waals surface area contributed by atoms with Crippen LogP contribution in [0, 0.1) is 16.7 Å². The first-order valence-corrected chi connectivity index (χ1v) is 11.6. The fourth-order valence-corrected chi connectivity index (χ4v) is 4.78. The minimum atomic E-state index is -1.13. The molecule has 2 aromatic carbocycles. The topological polar surface area (TPSA) is 113 Å². The summed E-state index contributed by atoms with van der Waals surface area (Å²) in [6.45, 7) is 5.75. The van der Waals surface area contributed by atoms with Crippen LogP contribution >= 0.6 is 0 Å². The molecule has 0 heterocycles. The Bertz CT molecular complexity index is 1020. The number of carbonyl (C=O) groups excluding carboxylic acids is 1. The highest BCUT2D eigenvalue weighted by Crippen LogP contribution is 2.53. The van der Waals surface area contributed by atoms with Gasteiger partial charge in [0.2, 0.25) is 5.91 Å². The molecular formula is C27H33NO6. The second-order valence-corrected chi connectivity index (χ2v) is 9.82. The number of carbonyl (C=O) groups is 3. The van der Waals surface area contributed by atoms with Gasteiger partial charge in [-0.3, -0.25) is 9.59 Å². The van der Waals surface area contributed by atoms with Crippen LogP contribution in [-0.2, 0) is 27.4 Å². The molecule has 1 aliphatic carbocycles. The molecule has 34 heavy (non-hydrogen) atoms. The normalized spacial score (nSPS) is 22.4. The van der Waals surface area contributed by atoms with Crippen molar-refractivity contribution in [3.05, 3.63) is 65.7 Å². The molecule has 0 aromatic heterocycles. The van der Waals surface area contributed by atoms with E-state index < -0.39 is 40.6 Å². The molecule has 1 saturated carbocycles. The van der Waals surface area contributed by atoms with E-state index in [-0.39, 0.29) is 6.42 Å². The van der Waals surface area contributed by atoms with E-state index in [0.29, 0.717) is 31.6 Å². The van der Waals surface area contributed by atoms with Gasteiger partial charge in [-0.25, -0.2) is 4.79 Å². The molecule has 3 rings (SSSR count). The van der Waals surface area contributed by atoms with Gasteiger partial charge in [-0.2, -0.15) is 0 Å². The van der Waals surface area contributed by atoms with Gasteiger partial charge in [0.05, 0.1) is 11.3 Å². The lowest BCUT2D eigenvalue weighted by atomic mass is 9.53. The molecule has 2 aromatic rings. The summed E-state index contributed by atoms with van der Waals surface area (Å²) in [5.74, 6) is -2.47. The SMILES string of the molecule is CC1(C(=O)NC(Cc2ccc(OCc3ccccc3)cc2)C(=O)O)CCCC(C(=O)O)C1(C)C. The number of carboxylic acid groups (broad SMARTS) is 2. The van der Waals surface area contributed by atoms with Gasteiger partial charge in [-0.1, -0.05) is 69.7 Å². The number of ether oxygens (including phenoxy) is 1. The molecular weight excluding hydrogens is 434 g/mol. The number of nitrogens with one attached hydrogen (secondary N) is 1. The van der Waals surface area contributed by atoms with Gasteiger partial charge in [0.15, 0.2) is 0 Å². The van der Waals surface area contributed by atoms with Crippen LogP contribution in [0.15, 0.2) is 54.6 Å². The van der Waals surface area contributed by atoms with E-state index in [4.69, 9.17) is 4.74 Å². The number of hydrogen-bond acceptors (Lipinski definition) is 4. The fraction of sp³-hybridized carbons (Fsp3) is 0.444. The number of carboxylic acids is 2. The van der Waals surface area contributed by atoms with Crippen LogP contribution in [0.2, 0.25) is 0 Å². The minimum absolute atomic E-state index is 0.110. The van der Waals surface area contributed by atoms with E-state index in [1.807, 2.05) is 30.3 Å². The Morgan fingerprint density at radius 3 is 2.24 bits per heavy atom. The Labute approximate surface area is 200 Å². The Morgan fingerprint density at radius 1 is 1.00 bits per heavy atom. The standard InChI is InChI=1S/C27H33NO6/c1-26(2)21(23(29)30)10-7-15-27(26,3)25(33)28-22(24(31)32)16-18-11-13-20(14-12-18)34-17-19-8-5-4-6-9-19/h4-6,8-9,11-14,21-22H,7,10,15-17H2,1-3H3,(H,28,33)(H,29,30)(H,31,32). The van der Waals surface area contributed by atoms with Gasteiger partial charge in [-0.05, 0) is 41.5 Å². The summed E-state index contributed by atoms with van der Waals surface area (Å²) in [6, 6.07) is 15.8. The van der Waals surface area contributed by atoms with Crippen molar-refractivity contribution in [2.75, 3.05) is 0 Å².